The predicted molar refractivity (Wildman–Crippen MR) is 120 cm³/mol. The van der Waals surface area contributed by atoms with E-state index in [2.05, 4.69) is 29.5 Å². The van der Waals surface area contributed by atoms with Crippen LogP contribution < -0.4 is 5.32 Å². The zero-order valence-corrected chi connectivity index (χ0v) is 18.0. The average Bonchev–Trinajstić information content (AvgIpc) is 3.34. The van der Waals surface area contributed by atoms with Crippen molar-refractivity contribution >= 4 is 28.7 Å². The van der Waals surface area contributed by atoms with Crippen LogP contribution in [-0.4, -0.2) is 35.6 Å². The highest BCUT2D eigenvalue weighted by Crippen LogP contribution is 2.36. The predicted octanol–water partition coefficient (Wildman–Crippen LogP) is 5.23. The molecule has 0 spiro atoms. The first-order valence-electron chi connectivity index (χ1n) is 10.7. The third-order valence-electron chi connectivity index (χ3n) is 6.34. The van der Waals surface area contributed by atoms with Gasteiger partial charge in [0.1, 0.15) is 11.8 Å². The first-order valence-corrected chi connectivity index (χ1v) is 10.7. The SMILES string of the molecule is Cc1nc(NC2CCC(C)(C)CC2)nn2ccc(-c3ccc4nnn(/C=C/F)c4c3)c12. The van der Waals surface area contributed by atoms with E-state index in [1.807, 2.05) is 41.9 Å². The van der Waals surface area contributed by atoms with Crippen molar-refractivity contribution in [2.75, 3.05) is 5.32 Å². The van der Waals surface area contributed by atoms with Gasteiger partial charge in [-0.2, -0.15) is 0 Å². The number of hydrogen-bond acceptors (Lipinski definition) is 5. The fourth-order valence-electron chi connectivity index (χ4n) is 4.49. The van der Waals surface area contributed by atoms with E-state index in [9.17, 15) is 4.39 Å². The van der Waals surface area contributed by atoms with Gasteiger partial charge in [0.05, 0.1) is 22.9 Å². The van der Waals surface area contributed by atoms with E-state index < -0.39 is 0 Å². The Morgan fingerprint density at radius 2 is 2.00 bits per heavy atom. The number of aryl methyl sites for hydroxylation is 1. The normalized spacial score (nSPS) is 17.2. The second kappa shape index (κ2) is 7.44. The minimum absolute atomic E-state index is 0.415. The first-order chi connectivity index (χ1) is 14.9. The molecule has 0 saturated heterocycles. The Balaban J connectivity index is 1.48. The molecular formula is C23H26FN7. The lowest BCUT2D eigenvalue weighted by Crippen LogP contribution is -2.30. The van der Waals surface area contributed by atoms with Crippen molar-refractivity contribution in [3.05, 3.63) is 42.5 Å². The molecule has 0 aliphatic heterocycles. The standard InChI is InChI=1S/C23H26FN7/c1-15-21-18(16-4-5-19-20(14-16)30(13-11-24)29-27-19)8-12-31(21)28-22(25-15)26-17-6-9-23(2,3)10-7-17/h4-5,8,11-14,17H,6-7,9-10H2,1-3H3,(H,26,28)/b13-11+. The number of nitrogens with one attached hydrogen (secondary N) is 1. The second-order valence-corrected chi connectivity index (χ2v) is 9.14. The molecule has 31 heavy (non-hydrogen) atoms. The average molecular weight is 420 g/mol. The van der Waals surface area contributed by atoms with E-state index in [-0.39, 0.29) is 0 Å². The van der Waals surface area contributed by atoms with E-state index in [1.54, 1.807) is 0 Å². The van der Waals surface area contributed by atoms with Crippen molar-refractivity contribution < 1.29 is 4.39 Å². The molecular weight excluding hydrogens is 393 g/mol. The number of aromatic nitrogens is 6. The first kappa shape index (κ1) is 19.7. The van der Waals surface area contributed by atoms with Crippen LogP contribution in [0.4, 0.5) is 10.3 Å². The molecule has 0 atom stereocenters. The van der Waals surface area contributed by atoms with Crippen LogP contribution in [0.3, 0.4) is 0 Å². The molecule has 3 heterocycles. The van der Waals surface area contributed by atoms with Crippen LogP contribution in [0, 0.1) is 12.3 Å². The number of fused-ring (bicyclic) bond motifs is 2. The number of anilines is 1. The number of nitrogens with zero attached hydrogens (tertiary/aromatic N) is 6. The highest BCUT2D eigenvalue weighted by atomic mass is 19.1. The minimum atomic E-state index is 0.415. The smallest absolute Gasteiger partial charge is 0.241 e. The van der Waals surface area contributed by atoms with Gasteiger partial charge in [0.2, 0.25) is 5.95 Å². The van der Waals surface area contributed by atoms with Crippen LogP contribution in [0.25, 0.3) is 33.9 Å². The summed E-state index contributed by atoms with van der Waals surface area (Å²) in [6, 6.07) is 8.29. The zero-order valence-electron chi connectivity index (χ0n) is 18.0. The lowest BCUT2D eigenvalue weighted by Gasteiger charge is -2.34. The Morgan fingerprint density at radius 3 is 2.77 bits per heavy atom. The van der Waals surface area contributed by atoms with Crippen LogP contribution in [-0.2, 0) is 0 Å². The fraction of sp³-hybridized carbons (Fsp3) is 0.391. The third kappa shape index (κ3) is 3.66. The molecule has 1 saturated carbocycles. The van der Waals surface area contributed by atoms with E-state index >= 15 is 0 Å². The monoisotopic (exact) mass is 419 g/mol. The van der Waals surface area contributed by atoms with Gasteiger partial charge in [-0.25, -0.2) is 18.6 Å². The van der Waals surface area contributed by atoms with Gasteiger partial charge in [-0.1, -0.05) is 25.1 Å². The summed E-state index contributed by atoms with van der Waals surface area (Å²) in [7, 11) is 0. The van der Waals surface area contributed by atoms with Crippen molar-refractivity contribution in [3.8, 4) is 11.1 Å². The molecule has 0 radical (unpaired) electrons. The third-order valence-corrected chi connectivity index (χ3v) is 6.34. The van der Waals surface area contributed by atoms with Crippen LogP contribution in [0.5, 0.6) is 0 Å². The van der Waals surface area contributed by atoms with Gasteiger partial charge < -0.3 is 5.32 Å². The lowest BCUT2D eigenvalue weighted by atomic mass is 9.76. The van der Waals surface area contributed by atoms with Crippen molar-refractivity contribution in [3.63, 3.8) is 0 Å². The summed E-state index contributed by atoms with van der Waals surface area (Å²) in [6.07, 6.45) is 8.36. The molecule has 1 fully saturated rings. The summed E-state index contributed by atoms with van der Waals surface area (Å²) >= 11 is 0. The van der Waals surface area contributed by atoms with Crippen LogP contribution >= 0.6 is 0 Å². The highest BCUT2D eigenvalue weighted by Gasteiger charge is 2.27. The maximum Gasteiger partial charge on any atom is 0.241 e. The maximum absolute atomic E-state index is 12.7. The summed E-state index contributed by atoms with van der Waals surface area (Å²) in [5.74, 6) is 0.669. The van der Waals surface area contributed by atoms with Crippen LogP contribution in [0.15, 0.2) is 36.8 Å². The van der Waals surface area contributed by atoms with E-state index in [1.165, 1.54) is 23.7 Å². The molecule has 1 aromatic carbocycles. The second-order valence-electron chi connectivity index (χ2n) is 9.14. The Labute approximate surface area is 180 Å². The molecule has 1 N–H and O–H groups in total. The van der Waals surface area contributed by atoms with Crippen molar-refractivity contribution in [2.24, 2.45) is 5.41 Å². The highest BCUT2D eigenvalue weighted by molar-refractivity contribution is 5.88. The molecule has 0 unspecified atom stereocenters. The molecule has 160 valence electrons. The molecule has 0 bridgehead atoms. The molecule has 3 aromatic heterocycles. The Morgan fingerprint density at radius 1 is 1.19 bits per heavy atom. The summed E-state index contributed by atoms with van der Waals surface area (Å²) < 4.78 is 16.0. The van der Waals surface area contributed by atoms with Gasteiger partial charge in [0, 0.05) is 17.8 Å². The summed E-state index contributed by atoms with van der Waals surface area (Å²) in [5.41, 5.74) is 5.73. The van der Waals surface area contributed by atoms with E-state index in [0.717, 1.165) is 40.7 Å². The molecule has 8 heteroatoms. The topological polar surface area (TPSA) is 72.9 Å². The molecule has 4 aromatic rings. The van der Waals surface area contributed by atoms with Gasteiger partial charge >= 0.3 is 0 Å². The quantitative estimate of drug-likeness (QED) is 0.490. The van der Waals surface area contributed by atoms with Crippen molar-refractivity contribution in [1.82, 2.24) is 29.6 Å². The molecule has 5 rings (SSSR count). The van der Waals surface area contributed by atoms with Gasteiger partial charge in [-0.05, 0) is 61.8 Å². The zero-order chi connectivity index (χ0) is 21.6. The summed E-state index contributed by atoms with van der Waals surface area (Å²) in [6.45, 7) is 6.68. The van der Waals surface area contributed by atoms with E-state index in [4.69, 9.17) is 10.1 Å². The van der Waals surface area contributed by atoms with Gasteiger partial charge in [-0.3, -0.25) is 0 Å². The lowest BCUT2D eigenvalue weighted by molar-refractivity contribution is 0.232. The van der Waals surface area contributed by atoms with Gasteiger partial charge in [-0.15, -0.1) is 10.2 Å². The number of benzene rings is 1. The molecule has 7 nitrogen and oxygen atoms in total. The maximum atomic E-state index is 12.7. The van der Waals surface area contributed by atoms with Gasteiger partial charge in [0.25, 0.3) is 0 Å². The fourth-order valence-corrected chi connectivity index (χ4v) is 4.49. The number of halogens is 1. The Hall–Kier alpha value is -3.29. The largest absolute Gasteiger partial charge is 0.350 e. The van der Waals surface area contributed by atoms with E-state index in [0.29, 0.717) is 29.3 Å². The van der Waals surface area contributed by atoms with Crippen LogP contribution in [0.1, 0.15) is 45.2 Å². The summed E-state index contributed by atoms with van der Waals surface area (Å²) in [4.78, 5) is 4.76. The number of hydrogen-bond donors (Lipinski definition) is 1. The summed E-state index contributed by atoms with van der Waals surface area (Å²) in [5, 5.41) is 16.3. The van der Waals surface area contributed by atoms with Crippen molar-refractivity contribution in [1.29, 1.82) is 0 Å². The minimum Gasteiger partial charge on any atom is -0.350 e. The van der Waals surface area contributed by atoms with Crippen molar-refractivity contribution in [2.45, 2.75) is 52.5 Å². The number of rotatable bonds is 4. The Bertz CT molecular complexity index is 1270. The van der Waals surface area contributed by atoms with Crippen LogP contribution in [0.2, 0.25) is 0 Å². The molecule has 0 amide bonds. The molecule has 1 aliphatic carbocycles. The Kier molecular flexibility index (Phi) is 4.72. The molecule has 1 aliphatic rings. The van der Waals surface area contributed by atoms with Gasteiger partial charge in [0.15, 0.2) is 0 Å².